The molecule has 0 saturated carbocycles. The first-order chi connectivity index (χ1) is 23.8. The maximum atomic E-state index is 2.44. The fourth-order valence-electron chi connectivity index (χ4n) is 7.12. The van der Waals surface area contributed by atoms with Gasteiger partial charge in [-0.1, -0.05) is 136 Å². The molecule has 0 N–H and O–H groups in total. The van der Waals surface area contributed by atoms with E-state index in [1.165, 1.54) is 77.3 Å². The minimum Gasteiger partial charge on any atom is -0.167 e. The molecule has 1 heteroatoms. The summed E-state index contributed by atoms with van der Waals surface area (Å²) in [5, 5.41) is 5.13. The summed E-state index contributed by atoms with van der Waals surface area (Å²) >= 11 is 0. The number of benzene rings is 5. The van der Waals surface area contributed by atoms with Crippen molar-refractivity contribution < 1.29 is 4.57 Å². The number of pyridine rings is 1. The molecule has 1 heterocycles. The molecule has 6 aromatic rings. The summed E-state index contributed by atoms with van der Waals surface area (Å²) in [4.78, 5) is 0. The van der Waals surface area contributed by atoms with Crippen LogP contribution in [-0.4, -0.2) is 0 Å². The van der Waals surface area contributed by atoms with Crippen LogP contribution in [0.4, 0.5) is 0 Å². The first kappa shape index (κ1) is 32.3. The van der Waals surface area contributed by atoms with E-state index in [1.807, 2.05) is 0 Å². The van der Waals surface area contributed by atoms with Crippen LogP contribution in [0.25, 0.3) is 61.8 Å². The van der Waals surface area contributed by atoms with Crippen LogP contribution < -0.4 is 4.57 Å². The van der Waals surface area contributed by atoms with E-state index in [-0.39, 0.29) is 5.41 Å². The van der Waals surface area contributed by atoms with Crippen molar-refractivity contribution in [3.8, 4) is 22.4 Å². The summed E-state index contributed by atoms with van der Waals surface area (Å²) in [5.74, 6) is 0. The largest absolute Gasteiger partial charge is 0.218 e. The highest BCUT2D eigenvalue weighted by molar-refractivity contribution is 6.09. The Morgan fingerprint density at radius 2 is 1.51 bits per heavy atom. The van der Waals surface area contributed by atoms with E-state index in [1.54, 1.807) is 0 Å². The predicted molar refractivity (Wildman–Crippen MR) is 212 cm³/mol. The first-order valence-electron chi connectivity index (χ1n) is 17.7. The van der Waals surface area contributed by atoms with Crippen LogP contribution in [0.3, 0.4) is 0 Å². The Kier molecular flexibility index (Phi) is 9.02. The van der Waals surface area contributed by atoms with Crippen LogP contribution in [0.5, 0.6) is 0 Å². The second-order valence-electron chi connectivity index (χ2n) is 14.3. The zero-order chi connectivity index (χ0) is 34.0. The molecule has 0 amide bonds. The third kappa shape index (κ3) is 6.72. The van der Waals surface area contributed by atoms with Gasteiger partial charge < -0.3 is 0 Å². The maximum absolute atomic E-state index is 2.44. The molecule has 0 spiro atoms. The van der Waals surface area contributed by atoms with Crippen molar-refractivity contribution in [2.24, 2.45) is 0 Å². The van der Waals surface area contributed by atoms with E-state index in [0.29, 0.717) is 0 Å². The molecule has 49 heavy (non-hydrogen) atoms. The summed E-state index contributed by atoms with van der Waals surface area (Å²) in [6, 6.07) is 40.4. The van der Waals surface area contributed by atoms with Crippen LogP contribution in [-0.2, 0) is 5.41 Å². The lowest BCUT2D eigenvalue weighted by Gasteiger charge is -2.20. The van der Waals surface area contributed by atoms with Gasteiger partial charge in [-0.25, -0.2) is 0 Å². The lowest BCUT2D eigenvalue weighted by Crippen LogP contribution is -2.29. The van der Waals surface area contributed by atoms with Crippen LogP contribution in [0.15, 0.2) is 145 Å². The van der Waals surface area contributed by atoms with E-state index in [0.717, 1.165) is 19.3 Å². The van der Waals surface area contributed by atoms with Gasteiger partial charge >= 0.3 is 0 Å². The summed E-state index contributed by atoms with van der Waals surface area (Å²) in [7, 11) is 0. The number of fused-ring (bicyclic) bond motifs is 3. The Balaban J connectivity index is 1.45. The van der Waals surface area contributed by atoms with Crippen molar-refractivity contribution in [3.63, 3.8) is 0 Å². The van der Waals surface area contributed by atoms with Gasteiger partial charge in [0.05, 0.1) is 0 Å². The number of hydrogen-bond acceptors (Lipinski definition) is 0. The molecule has 1 aromatic heterocycles. The van der Waals surface area contributed by atoms with Gasteiger partial charge in [0.2, 0.25) is 5.69 Å². The van der Waals surface area contributed by atoms with Crippen molar-refractivity contribution in [1.29, 1.82) is 0 Å². The molecule has 1 aliphatic rings. The van der Waals surface area contributed by atoms with E-state index < -0.39 is 0 Å². The summed E-state index contributed by atoms with van der Waals surface area (Å²) in [5.41, 5.74) is 12.9. The summed E-state index contributed by atoms with van der Waals surface area (Å²) < 4.78 is 2.31. The van der Waals surface area contributed by atoms with Gasteiger partial charge in [-0.3, -0.25) is 0 Å². The highest BCUT2D eigenvalue weighted by atomic mass is 14.9. The molecule has 0 radical (unpaired) electrons. The summed E-state index contributed by atoms with van der Waals surface area (Å²) in [6.07, 6.45) is 19.0. The number of aryl methyl sites for hydroxylation is 1. The normalized spacial score (nSPS) is 16.6. The number of aromatic nitrogens is 1. The number of hydrogen-bond donors (Lipinski definition) is 0. The molecule has 7 rings (SSSR count). The van der Waals surface area contributed by atoms with E-state index in [9.17, 15) is 0 Å². The summed E-state index contributed by atoms with van der Waals surface area (Å²) in [6.45, 7) is 11.4. The van der Waals surface area contributed by atoms with Crippen LogP contribution in [0.1, 0.15) is 69.2 Å². The quantitative estimate of drug-likeness (QED) is 0.126. The van der Waals surface area contributed by atoms with Crippen LogP contribution in [0, 0.1) is 6.92 Å². The van der Waals surface area contributed by atoms with Gasteiger partial charge in [0, 0.05) is 23.8 Å². The Bertz CT molecular complexity index is 2290. The van der Waals surface area contributed by atoms with Gasteiger partial charge in [-0.05, 0) is 110 Å². The van der Waals surface area contributed by atoms with E-state index >= 15 is 0 Å². The average Bonchev–Trinajstić information content (AvgIpc) is 3.10. The van der Waals surface area contributed by atoms with Gasteiger partial charge in [0.25, 0.3) is 0 Å². The number of rotatable bonds is 6. The van der Waals surface area contributed by atoms with Gasteiger partial charge in [-0.2, -0.15) is 4.57 Å². The minimum atomic E-state index is 0.0509. The molecule has 0 aliphatic heterocycles. The zero-order valence-corrected chi connectivity index (χ0v) is 29.5. The topological polar surface area (TPSA) is 3.88 Å². The van der Waals surface area contributed by atoms with E-state index in [2.05, 4.69) is 191 Å². The smallest absolute Gasteiger partial charge is 0.167 e. The molecule has 1 nitrogen and oxygen atoms in total. The molecule has 0 atom stereocenters. The van der Waals surface area contributed by atoms with Crippen molar-refractivity contribution >= 4 is 39.4 Å². The monoisotopic (exact) mass is 636 g/mol. The van der Waals surface area contributed by atoms with Gasteiger partial charge in [0.1, 0.15) is 0 Å². The van der Waals surface area contributed by atoms with Gasteiger partial charge in [-0.15, -0.1) is 0 Å². The standard InChI is InChI=1S/C48H46N/c1-6-35-16-10-7-8-13-20-42(35)46-33-45-39(24-23-37-19-14-15-21-43(37)45)30-40(46)27-29-49-28-26-38(36-17-11-9-12-18-36)31-47(49)44-32-41(48(3,4)5)25-22-34(44)2/h7-9,11-15,17-33H,6,10,16H2,1-5H3/q+1/b8-7-,20-13-,29-27-,42-35+. The minimum absolute atomic E-state index is 0.0509. The second kappa shape index (κ2) is 13.7. The first-order valence-corrected chi connectivity index (χ1v) is 17.7. The zero-order valence-electron chi connectivity index (χ0n) is 29.5. The average molecular weight is 637 g/mol. The van der Waals surface area contributed by atoms with Crippen molar-refractivity contribution in [3.05, 3.63) is 168 Å². The lowest BCUT2D eigenvalue weighted by molar-refractivity contribution is -0.555. The molecule has 5 aromatic carbocycles. The molecule has 242 valence electrons. The maximum Gasteiger partial charge on any atom is 0.218 e. The third-order valence-corrected chi connectivity index (χ3v) is 10.0. The Morgan fingerprint density at radius 1 is 0.714 bits per heavy atom. The van der Waals surface area contributed by atoms with Crippen molar-refractivity contribution in [2.75, 3.05) is 0 Å². The second-order valence-corrected chi connectivity index (χ2v) is 14.3. The SMILES string of the molecule is CC/C1=C(c2cc3c(ccc4ccccc43)cc2/C=C\[n+]2ccc(-c3ccccc3)cc2-c2cc(C(C)(C)C)ccc2C)/C=C\C=C/CC1. The Labute approximate surface area is 292 Å². The highest BCUT2D eigenvalue weighted by Crippen LogP contribution is 2.36. The molecular formula is C48H46N+. The molecule has 1 aliphatic carbocycles. The molecule has 0 saturated heterocycles. The number of nitrogens with zero attached hydrogens (tertiary/aromatic N) is 1. The van der Waals surface area contributed by atoms with Crippen molar-refractivity contribution in [2.45, 2.75) is 59.3 Å². The van der Waals surface area contributed by atoms with Crippen LogP contribution >= 0.6 is 0 Å². The fourth-order valence-corrected chi connectivity index (χ4v) is 7.12. The molecule has 0 fully saturated rings. The van der Waals surface area contributed by atoms with Gasteiger partial charge in [0.15, 0.2) is 12.4 Å². The fraction of sp³-hybridized carbons (Fsp3) is 0.188. The molecule has 0 bridgehead atoms. The lowest BCUT2D eigenvalue weighted by atomic mass is 9.84. The van der Waals surface area contributed by atoms with Crippen molar-refractivity contribution in [1.82, 2.24) is 0 Å². The third-order valence-electron chi connectivity index (χ3n) is 10.0. The number of allylic oxidation sites excluding steroid dienone is 6. The Morgan fingerprint density at radius 3 is 2.33 bits per heavy atom. The highest BCUT2D eigenvalue weighted by Gasteiger charge is 2.21. The molecular weight excluding hydrogens is 591 g/mol. The Hall–Kier alpha value is -5.27. The van der Waals surface area contributed by atoms with E-state index in [4.69, 9.17) is 0 Å². The van der Waals surface area contributed by atoms with Crippen LogP contribution in [0.2, 0.25) is 0 Å². The predicted octanol–water partition coefficient (Wildman–Crippen LogP) is 12.9. The molecule has 0 unspecified atom stereocenters.